The zero-order valence-electron chi connectivity index (χ0n) is 15.2. The Morgan fingerprint density at radius 1 is 1.15 bits per heavy atom. The fourth-order valence-corrected chi connectivity index (χ4v) is 4.18. The van der Waals surface area contributed by atoms with Gasteiger partial charge in [-0.3, -0.25) is 9.59 Å². The number of amides is 2. The standard InChI is InChI=1S/C21H26N2O2S/c1-2-7-18(16-8-4-3-5-9-16)22-20(24)17-11-13-23(14-12-17)21(25)19-10-6-15-26-19/h3-6,8-10,15,17-18H,2,7,11-14H2,1H3,(H,22,24). The van der Waals surface area contributed by atoms with Crippen molar-refractivity contribution in [2.24, 2.45) is 5.92 Å². The lowest BCUT2D eigenvalue weighted by atomic mass is 9.94. The van der Waals surface area contributed by atoms with E-state index in [4.69, 9.17) is 0 Å². The normalized spacial score (nSPS) is 16.3. The van der Waals surface area contributed by atoms with Crippen molar-refractivity contribution >= 4 is 23.2 Å². The molecule has 1 fully saturated rings. The lowest BCUT2D eigenvalue weighted by Gasteiger charge is -2.32. The number of thiophene rings is 1. The highest BCUT2D eigenvalue weighted by Crippen LogP contribution is 2.24. The smallest absolute Gasteiger partial charge is 0.263 e. The highest BCUT2D eigenvalue weighted by Gasteiger charge is 2.29. The quantitative estimate of drug-likeness (QED) is 0.826. The van der Waals surface area contributed by atoms with Crippen molar-refractivity contribution in [2.75, 3.05) is 13.1 Å². The summed E-state index contributed by atoms with van der Waals surface area (Å²) >= 11 is 1.47. The van der Waals surface area contributed by atoms with Gasteiger partial charge in [0.2, 0.25) is 5.91 Å². The second-order valence-electron chi connectivity index (χ2n) is 6.80. The number of rotatable bonds is 6. The molecule has 1 aromatic carbocycles. The van der Waals surface area contributed by atoms with E-state index in [1.807, 2.05) is 40.6 Å². The molecule has 1 saturated heterocycles. The maximum atomic E-state index is 12.7. The second kappa shape index (κ2) is 8.99. The van der Waals surface area contributed by atoms with Crippen LogP contribution in [0.1, 0.15) is 53.9 Å². The van der Waals surface area contributed by atoms with Crippen molar-refractivity contribution in [1.29, 1.82) is 0 Å². The van der Waals surface area contributed by atoms with E-state index in [1.165, 1.54) is 11.3 Å². The SMILES string of the molecule is CCCC(NC(=O)C1CCN(C(=O)c2cccs2)CC1)c1ccccc1. The predicted octanol–water partition coefficient (Wildman–Crippen LogP) is 4.26. The first-order chi connectivity index (χ1) is 12.7. The molecule has 2 heterocycles. The van der Waals surface area contributed by atoms with Crippen molar-refractivity contribution < 1.29 is 9.59 Å². The summed E-state index contributed by atoms with van der Waals surface area (Å²) in [5.74, 6) is 0.202. The molecule has 26 heavy (non-hydrogen) atoms. The molecule has 1 N–H and O–H groups in total. The Balaban J connectivity index is 1.55. The molecular weight excluding hydrogens is 344 g/mol. The monoisotopic (exact) mass is 370 g/mol. The zero-order valence-corrected chi connectivity index (χ0v) is 16.0. The first kappa shape index (κ1) is 18.6. The Hall–Kier alpha value is -2.14. The van der Waals surface area contributed by atoms with Crippen molar-refractivity contribution in [3.8, 4) is 0 Å². The maximum absolute atomic E-state index is 12.7. The highest BCUT2D eigenvalue weighted by atomic mass is 32.1. The molecule has 1 aliphatic rings. The van der Waals surface area contributed by atoms with Crippen LogP contribution in [-0.2, 0) is 4.79 Å². The second-order valence-corrected chi connectivity index (χ2v) is 7.75. The molecular formula is C21H26N2O2S. The highest BCUT2D eigenvalue weighted by molar-refractivity contribution is 7.12. The summed E-state index contributed by atoms with van der Waals surface area (Å²) in [6.07, 6.45) is 3.42. The van der Waals surface area contributed by atoms with Crippen molar-refractivity contribution in [3.63, 3.8) is 0 Å². The lowest BCUT2D eigenvalue weighted by molar-refractivity contribution is -0.127. The van der Waals surface area contributed by atoms with Crippen LogP contribution in [0.3, 0.4) is 0 Å². The van der Waals surface area contributed by atoms with Gasteiger partial charge in [0.25, 0.3) is 5.91 Å². The summed E-state index contributed by atoms with van der Waals surface area (Å²) in [5.41, 5.74) is 1.16. The molecule has 1 atom stereocenters. The van der Waals surface area contributed by atoms with Gasteiger partial charge in [0.1, 0.15) is 0 Å². The van der Waals surface area contributed by atoms with E-state index in [0.29, 0.717) is 13.1 Å². The fraction of sp³-hybridized carbons (Fsp3) is 0.429. The lowest BCUT2D eigenvalue weighted by Crippen LogP contribution is -2.43. The number of piperidine rings is 1. The first-order valence-corrected chi connectivity index (χ1v) is 10.2. The van der Waals surface area contributed by atoms with Crippen LogP contribution in [0.2, 0.25) is 0 Å². The molecule has 0 radical (unpaired) electrons. The van der Waals surface area contributed by atoms with Gasteiger partial charge in [0, 0.05) is 19.0 Å². The summed E-state index contributed by atoms with van der Waals surface area (Å²) in [7, 11) is 0. The number of benzene rings is 1. The van der Waals surface area contributed by atoms with E-state index < -0.39 is 0 Å². The van der Waals surface area contributed by atoms with Crippen LogP contribution >= 0.6 is 11.3 Å². The van der Waals surface area contributed by atoms with Gasteiger partial charge in [-0.1, -0.05) is 49.7 Å². The van der Waals surface area contributed by atoms with E-state index in [0.717, 1.165) is 36.1 Å². The minimum absolute atomic E-state index is 0.00884. The van der Waals surface area contributed by atoms with Gasteiger partial charge in [-0.25, -0.2) is 0 Å². The van der Waals surface area contributed by atoms with Gasteiger partial charge in [-0.2, -0.15) is 0 Å². The van der Waals surface area contributed by atoms with Gasteiger partial charge in [-0.05, 0) is 36.3 Å². The summed E-state index contributed by atoms with van der Waals surface area (Å²) in [4.78, 5) is 27.8. The number of likely N-dealkylation sites (tertiary alicyclic amines) is 1. The molecule has 5 heteroatoms. The predicted molar refractivity (Wildman–Crippen MR) is 105 cm³/mol. The van der Waals surface area contributed by atoms with Crippen LogP contribution in [0.25, 0.3) is 0 Å². The van der Waals surface area contributed by atoms with E-state index in [1.54, 1.807) is 0 Å². The van der Waals surface area contributed by atoms with Gasteiger partial charge >= 0.3 is 0 Å². The van der Waals surface area contributed by atoms with Gasteiger partial charge in [0.15, 0.2) is 0 Å². The zero-order chi connectivity index (χ0) is 18.4. The van der Waals surface area contributed by atoms with Gasteiger partial charge < -0.3 is 10.2 Å². The molecule has 0 aliphatic carbocycles. The minimum atomic E-state index is -0.00884. The van der Waals surface area contributed by atoms with E-state index in [-0.39, 0.29) is 23.8 Å². The average molecular weight is 371 g/mol. The van der Waals surface area contributed by atoms with Crippen LogP contribution in [0.15, 0.2) is 47.8 Å². The number of hydrogen-bond donors (Lipinski definition) is 1. The van der Waals surface area contributed by atoms with Crippen LogP contribution in [0, 0.1) is 5.92 Å². The Labute approximate surface area is 159 Å². The molecule has 1 aromatic heterocycles. The van der Waals surface area contributed by atoms with Crippen LogP contribution in [0.4, 0.5) is 0 Å². The topological polar surface area (TPSA) is 49.4 Å². The number of carbonyl (C=O) groups is 2. The molecule has 1 unspecified atom stereocenters. The Bertz CT molecular complexity index is 707. The van der Waals surface area contributed by atoms with E-state index in [9.17, 15) is 9.59 Å². The Kier molecular flexibility index (Phi) is 6.45. The molecule has 1 aliphatic heterocycles. The number of carbonyl (C=O) groups excluding carboxylic acids is 2. The number of nitrogens with zero attached hydrogens (tertiary/aromatic N) is 1. The largest absolute Gasteiger partial charge is 0.349 e. The Morgan fingerprint density at radius 2 is 1.88 bits per heavy atom. The third kappa shape index (κ3) is 4.52. The molecule has 0 spiro atoms. The molecule has 4 nitrogen and oxygen atoms in total. The third-order valence-electron chi connectivity index (χ3n) is 4.98. The van der Waals surface area contributed by atoms with E-state index >= 15 is 0 Å². The van der Waals surface area contributed by atoms with Crippen molar-refractivity contribution in [1.82, 2.24) is 10.2 Å². The molecule has 0 bridgehead atoms. The fourth-order valence-electron chi connectivity index (χ4n) is 3.49. The Morgan fingerprint density at radius 3 is 2.50 bits per heavy atom. The minimum Gasteiger partial charge on any atom is -0.349 e. The number of hydrogen-bond acceptors (Lipinski definition) is 3. The van der Waals surface area contributed by atoms with Gasteiger partial charge in [-0.15, -0.1) is 11.3 Å². The third-order valence-corrected chi connectivity index (χ3v) is 5.84. The molecule has 2 aromatic rings. The van der Waals surface area contributed by atoms with Crippen molar-refractivity contribution in [2.45, 2.75) is 38.6 Å². The molecule has 2 amide bonds. The summed E-state index contributed by atoms with van der Waals surface area (Å²) in [6.45, 7) is 3.44. The van der Waals surface area contributed by atoms with Gasteiger partial charge in [0.05, 0.1) is 10.9 Å². The van der Waals surface area contributed by atoms with Crippen LogP contribution < -0.4 is 5.32 Å². The summed E-state index contributed by atoms with van der Waals surface area (Å²) < 4.78 is 0. The molecule has 138 valence electrons. The average Bonchev–Trinajstić information content (AvgIpc) is 3.22. The van der Waals surface area contributed by atoms with Crippen LogP contribution in [0.5, 0.6) is 0 Å². The first-order valence-electron chi connectivity index (χ1n) is 9.37. The molecule has 3 rings (SSSR count). The van der Waals surface area contributed by atoms with Crippen molar-refractivity contribution in [3.05, 3.63) is 58.3 Å². The molecule has 0 saturated carbocycles. The van der Waals surface area contributed by atoms with E-state index in [2.05, 4.69) is 24.4 Å². The van der Waals surface area contributed by atoms with Crippen LogP contribution in [-0.4, -0.2) is 29.8 Å². The summed E-state index contributed by atoms with van der Waals surface area (Å²) in [6, 6.07) is 14.0. The summed E-state index contributed by atoms with van der Waals surface area (Å²) in [5, 5.41) is 5.16. The maximum Gasteiger partial charge on any atom is 0.263 e. The number of nitrogens with one attached hydrogen (secondary N) is 1.